The van der Waals surface area contributed by atoms with Crippen LogP contribution in [-0.2, 0) is 21.0 Å². The van der Waals surface area contributed by atoms with Gasteiger partial charge < -0.3 is 9.53 Å². The maximum atomic E-state index is 11.1. The summed E-state index contributed by atoms with van der Waals surface area (Å²) in [5, 5.41) is 14.3. The summed E-state index contributed by atoms with van der Waals surface area (Å²) in [4.78, 5) is 11.1. The van der Waals surface area contributed by atoms with E-state index in [1.165, 1.54) is 0 Å². The van der Waals surface area contributed by atoms with Gasteiger partial charge in [-0.15, -0.1) is 10.3 Å². The summed E-state index contributed by atoms with van der Waals surface area (Å²) < 4.78 is 6.00. The maximum absolute atomic E-state index is 11.1. The third-order valence-electron chi connectivity index (χ3n) is 3.15. The molecule has 0 aromatic rings. The van der Waals surface area contributed by atoms with E-state index in [1.807, 2.05) is 0 Å². The van der Waals surface area contributed by atoms with Gasteiger partial charge in [0.2, 0.25) is 0 Å². The molecule has 0 saturated heterocycles. The Labute approximate surface area is 116 Å². The van der Waals surface area contributed by atoms with Crippen molar-refractivity contribution in [3.63, 3.8) is 0 Å². The van der Waals surface area contributed by atoms with Crippen molar-refractivity contribution in [2.45, 2.75) is 51.9 Å². The highest BCUT2D eigenvalue weighted by molar-refractivity contribution is 7.95. The quantitative estimate of drug-likeness (QED) is 0.293. The molecule has 0 saturated carbocycles. The number of hydrazine groups is 1. The van der Waals surface area contributed by atoms with Gasteiger partial charge in [-0.05, 0) is 36.9 Å². The minimum absolute atomic E-state index is 0.0363. The molecule has 1 atom stereocenters. The van der Waals surface area contributed by atoms with Crippen molar-refractivity contribution in [2.75, 3.05) is 0 Å². The molecule has 104 valence electrons. The molecular weight excluding hydrogens is 287 g/mol. The number of rotatable bonds is 6. The molecule has 18 heavy (non-hydrogen) atoms. The van der Waals surface area contributed by atoms with Gasteiger partial charge in [0.15, 0.2) is 15.8 Å². The first-order valence-electron chi connectivity index (χ1n) is 5.64. The first kappa shape index (κ1) is 17.6. The molecular formula is C10H22N2O3PSSi+. The predicted molar refractivity (Wildman–Crippen MR) is 78.8 cm³/mol. The Kier molecular flexibility index (Phi) is 6.57. The van der Waals surface area contributed by atoms with Gasteiger partial charge in [-0.25, -0.2) is 4.79 Å². The summed E-state index contributed by atoms with van der Waals surface area (Å²) >= 11 is 4.67. The molecule has 0 heterocycles. The molecule has 0 fully saturated rings. The van der Waals surface area contributed by atoms with E-state index in [0.717, 1.165) is 0 Å². The predicted octanol–water partition coefficient (Wildman–Crippen LogP) is 0.831. The van der Waals surface area contributed by atoms with E-state index in [9.17, 15) is 4.79 Å². The van der Waals surface area contributed by atoms with E-state index in [2.05, 4.69) is 56.0 Å². The molecule has 0 aliphatic carbocycles. The van der Waals surface area contributed by atoms with Crippen molar-refractivity contribution in [1.82, 2.24) is 5.20 Å². The normalized spacial score (nSPS) is 15.6. The second-order valence-electron chi connectivity index (χ2n) is 5.57. The number of hydrogen-bond acceptors (Lipinski definition) is 3. The Morgan fingerprint density at radius 2 is 2.00 bits per heavy atom. The van der Waals surface area contributed by atoms with Gasteiger partial charge in [-0.2, -0.15) is 0 Å². The highest BCUT2D eigenvalue weighted by atomic mass is 32.4. The number of carboxylic acids is 1. The first-order chi connectivity index (χ1) is 8.03. The molecule has 0 rings (SSSR count). The maximum Gasteiger partial charge on any atom is 0.401 e. The van der Waals surface area contributed by atoms with Crippen LogP contribution >= 0.6 is 7.51 Å². The SMILES string of the molecule is CC(O[Si](C)(C)C(C)(C)C)C(=[NH+]NP=S)C(=O)O. The first-order valence-corrected chi connectivity index (χ1v) is 10.5. The van der Waals surface area contributed by atoms with E-state index in [-0.39, 0.29) is 10.7 Å². The van der Waals surface area contributed by atoms with Crippen molar-refractivity contribution >= 4 is 39.3 Å². The number of carboxylic acid groups (broad SMARTS) is 1. The summed E-state index contributed by atoms with van der Waals surface area (Å²) in [5.41, 5.74) is 0.0807. The van der Waals surface area contributed by atoms with E-state index in [0.29, 0.717) is 7.51 Å². The van der Waals surface area contributed by atoms with Crippen LogP contribution in [0, 0.1) is 0 Å². The fourth-order valence-electron chi connectivity index (χ4n) is 1.09. The number of hydrazone groups is 1. The van der Waals surface area contributed by atoms with Crippen molar-refractivity contribution in [3.05, 3.63) is 0 Å². The monoisotopic (exact) mass is 309 g/mol. The minimum atomic E-state index is -2.00. The zero-order chi connectivity index (χ0) is 14.6. The summed E-state index contributed by atoms with van der Waals surface area (Å²) in [6.07, 6.45) is -0.507. The fourth-order valence-corrected chi connectivity index (χ4v) is 2.75. The lowest BCUT2D eigenvalue weighted by Crippen LogP contribution is -2.83. The average Bonchev–Trinajstić information content (AvgIpc) is 2.14. The third-order valence-corrected chi connectivity index (χ3v) is 8.18. The van der Waals surface area contributed by atoms with Crippen LogP contribution in [0.2, 0.25) is 18.1 Å². The molecule has 0 bridgehead atoms. The van der Waals surface area contributed by atoms with Crippen LogP contribution in [0.15, 0.2) is 0 Å². The lowest BCUT2D eigenvalue weighted by Gasteiger charge is -2.37. The van der Waals surface area contributed by atoms with Crippen LogP contribution in [0.4, 0.5) is 0 Å². The van der Waals surface area contributed by atoms with E-state index in [1.54, 1.807) is 6.92 Å². The smallest absolute Gasteiger partial charge is 0.401 e. The molecule has 5 nitrogen and oxygen atoms in total. The molecule has 0 radical (unpaired) electrons. The van der Waals surface area contributed by atoms with Gasteiger partial charge in [-0.1, -0.05) is 20.8 Å². The molecule has 0 aliphatic rings. The number of hydrogen-bond donors (Lipinski definition) is 3. The van der Waals surface area contributed by atoms with Crippen LogP contribution in [0.1, 0.15) is 27.7 Å². The molecule has 8 heteroatoms. The lowest BCUT2D eigenvalue weighted by atomic mass is 10.2. The van der Waals surface area contributed by atoms with Crippen molar-refractivity contribution in [3.8, 4) is 0 Å². The molecule has 3 N–H and O–H groups in total. The topological polar surface area (TPSA) is 72.5 Å². The Hall–Kier alpha value is -0.363. The Balaban J connectivity index is 4.98. The van der Waals surface area contributed by atoms with Crippen molar-refractivity contribution < 1.29 is 19.4 Å². The van der Waals surface area contributed by atoms with Gasteiger partial charge in [0.05, 0.1) is 0 Å². The molecule has 1 unspecified atom stereocenters. The van der Waals surface area contributed by atoms with E-state index >= 15 is 0 Å². The molecule has 0 spiro atoms. The zero-order valence-electron chi connectivity index (χ0n) is 11.7. The van der Waals surface area contributed by atoms with Gasteiger partial charge in [0.25, 0.3) is 0 Å². The van der Waals surface area contributed by atoms with Crippen LogP contribution in [-0.4, -0.2) is 31.2 Å². The van der Waals surface area contributed by atoms with Crippen molar-refractivity contribution in [1.29, 1.82) is 0 Å². The van der Waals surface area contributed by atoms with Crippen LogP contribution in [0.3, 0.4) is 0 Å². The average molecular weight is 309 g/mol. The third kappa shape index (κ3) is 5.10. The van der Waals surface area contributed by atoms with E-state index in [4.69, 9.17) is 9.53 Å². The highest BCUT2D eigenvalue weighted by Gasteiger charge is 2.41. The number of aliphatic carboxylic acids is 1. The Morgan fingerprint density at radius 3 is 2.33 bits per heavy atom. The Bertz CT molecular complexity index is 356. The number of nitrogens with one attached hydrogen (secondary N) is 2. The van der Waals surface area contributed by atoms with E-state index < -0.39 is 20.4 Å². The highest BCUT2D eigenvalue weighted by Crippen LogP contribution is 2.37. The van der Waals surface area contributed by atoms with Crippen LogP contribution in [0.25, 0.3) is 0 Å². The lowest BCUT2D eigenvalue weighted by molar-refractivity contribution is -0.499. The van der Waals surface area contributed by atoms with Crippen molar-refractivity contribution in [2.24, 2.45) is 0 Å². The van der Waals surface area contributed by atoms with Gasteiger partial charge in [0.1, 0.15) is 6.10 Å². The number of carbonyl (C=O) groups is 1. The molecule has 0 amide bonds. The second-order valence-corrected chi connectivity index (χ2v) is 11.3. The van der Waals surface area contributed by atoms with Crippen LogP contribution in [0.5, 0.6) is 0 Å². The second kappa shape index (κ2) is 6.70. The molecule has 0 aromatic heterocycles. The standard InChI is InChI=1S/C10H21N2O3PSSi/c1-7(8(9(13)14)11-12-16-17)15-18(5,6)10(2,3)4/h7H,1-6H3,(H,12,17)(H,13,14)/p+1. The van der Waals surface area contributed by atoms with Crippen LogP contribution < -0.4 is 10.3 Å². The summed E-state index contributed by atoms with van der Waals surface area (Å²) in [6, 6.07) is 0. The van der Waals surface area contributed by atoms with Gasteiger partial charge in [0, 0.05) is 0 Å². The van der Waals surface area contributed by atoms with Gasteiger partial charge >= 0.3 is 11.7 Å². The zero-order valence-corrected chi connectivity index (χ0v) is 14.4. The summed E-state index contributed by atoms with van der Waals surface area (Å²) in [6.45, 7) is 12.2. The summed E-state index contributed by atoms with van der Waals surface area (Å²) in [7, 11) is -1.55. The largest absolute Gasteiger partial charge is 0.473 e. The fraction of sp³-hybridized carbons (Fsp3) is 0.800. The minimum Gasteiger partial charge on any atom is -0.473 e. The van der Waals surface area contributed by atoms with Gasteiger partial charge in [-0.3, -0.25) is 0 Å². The molecule has 0 aliphatic heterocycles. The summed E-state index contributed by atoms with van der Waals surface area (Å²) in [5.74, 6) is -1.03. The molecule has 0 aromatic carbocycles. The Morgan fingerprint density at radius 1 is 1.50 bits per heavy atom.